The first-order valence-corrected chi connectivity index (χ1v) is 14.8. The monoisotopic (exact) mass is 508 g/mol. The Bertz CT molecular complexity index is 1430. The Morgan fingerprint density at radius 3 is 1.74 bits per heavy atom. The van der Waals surface area contributed by atoms with Crippen LogP contribution in [0.4, 0.5) is 0 Å². The molecule has 0 saturated carbocycles. The molecule has 166 valence electrons. The SMILES string of the molecule is Cc1ccc([Se]2(c3ccc(C)cc3)C=C(c3ccccc3)C3=C(O2)c2ccccc2C3=O)cc1. The van der Waals surface area contributed by atoms with E-state index in [0.717, 1.165) is 28.0 Å². The fourth-order valence-corrected chi connectivity index (χ4v) is 10.7. The Kier molecular flexibility index (Phi) is 4.91. The zero-order valence-electron chi connectivity index (χ0n) is 19.1. The van der Waals surface area contributed by atoms with Crippen molar-refractivity contribution in [2.75, 3.05) is 0 Å². The molecule has 0 radical (unpaired) electrons. The Morgan fingerprint density at radius 1 is 0.618 bits per heavy atom. The molecule has 0 spiro atoms. The summed E-state index contributed by atoms with van der Waals surface area (Å²) in [5.74, 6) is 0.766. The van der Waals surface area contributed by atoms with Gasteiger partial charge in [-0.25, -0.2) is 0 Å². The topological polar surface area (TPSA) is 26.3 Å². The van der Waals surface area contributed by atoms with Crippen molar-refractivity contribution in [2.24, 2.45) is 0 Å². The summed E-state index contributed by atoms with van der Waals surface area (Å²) in [6.07, 6.45) is 0. The van der Waals surface area contributed by atoms with Crippen LogP contribution in [0.3, 0.4) is 0 Å². The number of carbonyl (C=O) groups excluding carboxylic acids is 1. The van der Waals surface area contributed by atoms with Crippen molar-refractivity contribution in [2.45, 2.75) is 13.8 Å². The van der Waals surface area contributed by atoms with E-state index in [1.807, 2.05) is 42.5 Å². The van der Waals surface area contributed by atoms with Gasteiger partial charge in [0.1, 0.15) is 0 Å². The first-order valence-electron chi connectivity index (χ1n) is 11.4. The van der Waals surface area contributed by atoms with Crippen molar-refractivity contribution < 1.29 is 8.61 Å². The van der Waals surface area contributed by atoms with Crippen LogP contribution < -0.4 is 8.92 Å². The third-order valence-corrected chi connectivity index (χ3v) is 12.6. The van der Waals surface area contributed by atoms with Gasteiger partial charge in [0.15, 0.2) is 0 Å². The fraction of sp³-hybridized carbons (Fsp3) is 0.0645. The van der Waals surface area contributed by atoms with E-state index >= 15 is 0 Å². The van der Waals surface area contributed by atoms with Crippen molar-refractivity contribution >= 4 is 39.2 Å². The Balaban J connectivity index is 1.68. The predicted molar refractivity (Wildman–Crippen MR) is 141 cm³/mol. The van der Waals surface area contributed by atoms with Crippen molar-refractivity contribution in [3.05, 3.63) is 141 Å². The zero-order valence-corrected chi connectivity index (χ0v) is 20.8. The van der Waals surface area contributed by atoms with Crippen LogP contribution in [-0.2, 0) is 3.82 Å². The number of hydrogen-bond donors (Lipinski definition) is 0. The number of allylic oxidation sites excluding steroid dienone is 2. The van der Waals surface area contributed by atoms with Crippen LogP contribution >= 0.6 is 0 Å². The number of rotatable bonds is 3. The van der Waals surface area contributed by atoms with Gasteiger partial charge in [-0.15, -0.1) is 0 Å². The van der Waals surface area contributed by atoms with Crippen molar-refractivity contribution in [3.63, 3.8) is 0 Å². The summed E-state index contributed by atoms with van der Waals surface area (Å²) in [7, 11) is 0. The van der Waals surface area contributed by atoms with Crippen LogP contribution in [0.2, 0.25) is 0 Å². The molecular formula is C31H24O2Se. The Hall–Kier alpha value is -3.65. The molecule has 34 heavy (non-hydrogen) atoms. The van der Waals surface area contributed by atoms with Crippen molar-refractivity contribution in [1.29, 1.82) is 0 Å². The normalized spacial score (nSPS) is 16.9. The van der Waals surface area contributed by atoms with E-state index in [0.29, 0.717) is 5.57 Å². The van der Waals surface area contributed by atoms with E-state index in [1.165, 1.54) is 20.1 Å². The molecule has 1 aliphatic heterocycles. The van der Waals surface area contributed by atoms with Gasteiger partial charge in [-0.05, 0) is 0 Å². The number of aryl methyl sites for hydroxylation is 2. The summed E-state index contributed by atoms with van der Waals surface area (Å²) >= 11 is -3.13. The van der Waals surface area contributed by atoms with Crippen molar-refractivity contribution in [1.82, 2.24) is 0 Å². The molecule has 0 bridgehead atoms. The molecule has 0 atom stereocenters. The summed E-state index contributed by atoms with van der Waals surface area (Å²) < 4.78 is 9.50. The van der Waals surface area contributed by atoms with Gasteiger partial charge in [0, 0.05) is 0 Å². The first kappa shape index (κ1) is 20.9. The second-order valence-corrected chi connectivity index (χ2v) is 14.1. The van der Waals surface area contributed by atoms with Gasteiger partial charge < -0.3 is 0 Å². The molecule has 4 aromatic rings. The maximum atomic E-state index is 13.6. The molecule has 0 aromatic heterocycles. The number of hydrogen-bond acceptors (Lipinski definition) is 2. The molecular weight excluding hydrogens is 483 g/mol. The molecule has 0 saturated heterocycles. The minimum atomic E-state index is -3.13. The number of Topliss-reactive ketones (excluding diaryl/α,β-unsaturated/α-hetero) is 1. The van der Waals surface area contributed by atoms with E-state index in [-0.39, 0.29) is 5.78 Å². The van der Waals surface area contributed by atoms with Crippen LogP contribution in [0.5, 0.6) is 0 Å². The average molecular weight is 507 g/mol. The summed E-state index contributed by atoms with van der Waals surface area (Å²) in [5, 5.41) is 0. The van der Waals surface area contributed by atoms with Gasteiger partial charge in [0.2, 0.25) is 0 Å². The fourth-order valence-electron chi connectivity index (χ4n) is 4.64. The van der Waals surface area contributed by atoms with Gasteiger partial charge in [-0.2, -0.15) is 0 Å². The maximum absolute atomic E-state index is 13.6. The Morgan fingerprint density at radius 2 is 1.15 bits per heavy atom. The number of carbonyl (C=O) groups is 1. The molecule has 0 fully saturated rings. The quantitative estimate of drug-likeness (QED) is 0.337. The van der Waals surface area contributed by atoms with E-state index < -0.39 is 13.2 Å². The van der Waals surface area contributed by atoms with Gasteiger partial charge in [0.25, 0.3) is 0 Å². The molecule has 3 heteroatoms. The first-order chi connectivity index (χ1) is 16.6. The van der Waals surface area contributed by atoms with E-state index in [1.54, 1.807) is 0 Å². The minimum absolute atomic E-state index is 0.0408. The van der Waals surface area contributed by atoms with Gasteiger partial charge in [0.05, 0.1) is 0 Å². The van der Waals surface area contributed by atoms with Gasteiger partial charge in [-0.3, -0.25) is 0 Å². The molecule has 0 amide bonds. The molecule has 1 heterocycles. The molecule has 2 nitrogen and oxygen atoms in total. The van der Waals surface area contributed by atoms with E-state index in [9.17, 15) is 4.79 Å². The number of ketones is 1. The van der Waals surface area contributed by atoms with Gasteiger partial charge >= 0.3 is 203 Å². The van der Waals surface area contributed by atoms with E-state index in [4.69, 9.17) is 3.82 Å². The van der Waals surface area contributed by atoms with Gasteiger partial charge in [-0.1, -0.05) is 0 Å². The van der Waals surface area contributed by atoms with Crippen LogP contribution in [0.1, 0.15) is 32.6 Å². The number of fused-ring (bicyclic) bond motifs is 2. The average Bonchev–Trinajstić information content (AvgIpc) is 3.16. The molecule has 0 N–H and O–H groups in total. The molecule has 2 aliphatic rings. The second kappa shape index (κ2) is 7.99. The summed E-state index contributed by atoms with van der Waals surface area (Å²) in [6, 6.07) is 35.5. The molecule has 0 unspecified atom stereocenters. The third kappa shape index (κ3) is 3.20. The van der Waals surface area contributed by atoms with Crippen LogP contribution in [0.15, 0.2) is 114 Å². The van der Waals surface area contributed by atoms with E-state index in [2.05, 4.69) is 79.5 Å². The molecule has 6 rings (SSSR count). The Labute approximate surface area is 202 Å². The zero-order chi connectivity index (χ0) is 23.3. The third-order valence-electron chi connectivity index (χ3n) is 6.47. The predicted octanol–water partition coefficient (Wildman–Crippen LogP) is 5.62. The van der Waals surface area contributed by atoms with Crippen LogP contribution in [0.25, 0.3) is 11.3 Å². The van der Waals surface area contributed by atoms with Crippen LogP contribution in [-0.4, -0.2) is 19.0 Å². The van der Waals surface area contributed by atoms with Crippen molar-refractivity contribution in [3.8, 4) is 0 Å². The summed E-state index contributed by atoms with van der Waals surface area (Å²) in [5.41, 5.74) is 6.73. The number of benzene rings is 4. The summed E-state index contributed by atoms with van der Waals surface area (Å²) in [4.78, 5) is 15.9. The second-order valence-electron chi connectivity index (χ2n) is 8.79. The molecule has 1 aliphatic carbocycles. The standard InChI is InChI=1S/C31H24O2Se/c1-21-12-16-24(17-13-21)34(25-18-14-22(2)15-19-25)20-28(23-8-4-3-5-9-23)29-30(32)26-10-6-7-11-27(26)31(29)33-34/h3-20H,1-2H3. The summed E-state index contributed by atoms with van der Waals surface area (Å²) in [6.45, 7) is 4.20. The van der Waals surface area contributed by atoms with Crippen LogP contribution in [0, 0.1) is 13.8 Å². The molecule has 4 aromatic carbocycles.